The molecule has 1 N–H and O–H groups in total. The van der Waals surface area contributed by atoms with Gasteiger partial charge < -0.3 is 5.32 Å². The number of hydrogen-bond acceptors (Lipinski definition) is 4. The summed E-state index contributed by atoms with van der Waals surface area (Å²) < 4.78 is 23.0. The van der Waals surface area contributed by atoms with E-state index in [2.05, 4.69) is 10.3 Å². The van der Waals surface area contributed by atoms with Gasteiger partial charge in [0.15, 0.2) is 9.84 Å². The van der Waals surface area contributed by atoms with Crippen molar-refractivity contribution in [2.45, 2.75) is 18.9 Å². The smallest absolute Gasteiger partial charge is 0.150 e. The van der Waals surface area contributed by atoms with Crippen molar-refractivity contribution in [2.75, 3.05) is 18.6 Å². The molecule has 1 fully saturated rings. The maximum absolute atomic E-state index is 11.5. The molecule has 4 nitrogen and oxygen atoms in total. The number of nitrogens with one attached hydrogen (secondary N) is 1. The Morgan fingerprint density at radius 2 is 2.39 bits per heavy atom. The first-order valence-corrected chi connectivity index (χ1v) is 8.18. The van der Waals surface area contributed by atoms with Gasteiger partial charge in [0, 0.05) is 18.4 Å². The summed E-state index contributed by atoms with van der Waals surface area (Å²) in [6.07, 6.45) is 4.79. The lowest BCUT2D eigenvalue weighted by Gasteiger charge is -2.22. The Hall–Kier alpha value is -0.650. The molecule has 1 aliphatic rings. The Bertz CT molecular complexity index is 519. The van der Waals surface area contributed by atoms with Gasteiger partial charge in [0.2, 0.25) is 0 Å². The molecule has 1 aromatic heterocycles. The third-order valence-corrected chi connectivity index (χ3v) is 5.64. The summed E-state index contributed by atoms with van der Waals surface area (Å²) in [4.78, 5) is 3.95. The standard InChI is InChI=1S/C12H17ClN2O2S/c1-14-12(10-3-5-18(16,17)8-10)6-9-2-4-15-7-11(9)13/h2,4,7,10,12,14H,3,5-6,8H2,1H3. The molecule has 0 aromatic carbocycles. The minimum atomic E-state index is -2.84. The number of pyridine rings is 1. The van der Waals surface area contributed by atoms with Crippen LogP contribution in [0.2, 0.25) is 5.02 Å². The molecule has 0 radical (unpaired) electrons. The SMILES string of the molecule is CNC(Cc1ccncc1Cl)C1CCS(=O)(=O)C1. The van der Waals surface area contributed by atoms with Crippen molar-refractivity contribution >= 4 is 21.4 Å². The topological polar surface area (TPSA) is 59.1 Å². The van der Waals surface area contributed by atoms with Crippen molar-refractivity contribution in [1.29, 1.82) is 0 Å². The highest BCUT2D eigenvalue weighted by molar-refractivity contribution is 7.91. The third kappa shape index (κ3) is 3.22. The second-order valence-corrected chi connectivity index (χ2v) is 7.37. The number of sulfone groups is 1. The highest BCUT2D eigenvalue weighted by Crippen LogP contribution is 2.25. The second kappa shape index (κ2) is 5.55. The Morgan fingerprint density at radius 1 is 1.61 bits per heavy atom. The molecule has 6 heteroatoms. The van der Waals surface area contributed by atoms with Crippen molar-refractivity contribution in [2.24, 2.45) is 5.92 Å². The summed E-state index contributed by atoms with van der Waals surface area (Å²) in [7, 11) is -0.973. The highest BCUT2D eigenvalue weighted by atomic mass is 35.5. The van der Waals surface area contributed by atoms with Gasteiger partial charge in [-0.25, -0.2) is 8.42 Å². The van der Waals surface area contributed by atoms with Crippen molar-refractivity contribution in [3.8, 4) is 0 Å². The largest absolute Gasteiger partial charge is 0.316 e. The fraction of sp³-hybridized carbons (Fsp3) is 0.583. The molecular weight excluding hydrogens is 272 g/mol. The predicted octanol–water partition coefficient (Wildman–Crippen LogP) is 1.30. The van der Waals surface area contributed by atoms with E-state index in [9.17, 15) is 8.42 Å². The van der Waals surface area contributed by atoms with Crippen LogP contribution in [-0.4, -0.2) is 38.0 Å². The van der Waals surface area contributed by atoms with Crippen LogP contribution in [0, 0.1) is 5.92 Å². The summed E-state index contributed by atoms with van der Waals surface area (Å²) in [5, 5.41) is 3.85. The van der Waals surface area contributed by atoms with E-state index in [4.69, 9.17) is 11.6 Å². The molecule has 1 aliphatic heterocycles. The molecule has 1 aromatic rings. The Labute approximate surface area is 113 Å². The second-order valence-electron chi connectivity index (χ2n) is 4.73. The Kier molecular flexibility index (Phi) is 4.25. The number of rotatable bonds is 4. The molecule has 18 heavy (non-hydrogen) atoms. The summed E-state index contributed by atoms with van der Waals surface area (Å²) in [5.74, 6) is 0.755. The molecule has 0 amide bonds. The molecule has 2 heterocycles. The van der Waals surface area contributed by atoms with Crippen LogP contribution in [0.15, 0.2) is 18.5 Å². The molecule has 0 spiro atoms. The maximum atomic E-state index is 11.5. The zero-order valence-corrected chi connectivity index (χ0v) is 11.8. The number of aromatic nitrogens is 1. The van der Waals surface area contributed by atoms with Crippen LogP contribution in [0.5, 0.6) is 0 Å². The monoisotopic (exact) mass is 288 g/mol. The van der Waals surface area contributed by atoms with Crippen LogP contribution in [-0.2, 0) is 16.3 Å². The Balaban J connectivity index is 2.09. The molecule has 100 valence electrons. The molecule has 0 saturated carbocycles. The van der Waals surface area contributed by atoms with Gasteiger partial charge in [-0.15, -0.1) is 0 Å². The molecule has 2 atom stereocenters. The third-order valence-electron chi connectivity index (χ3n) is 3.50. The van der Waals surface area contributed by atoms with E-state index in [0.29, 0.717) is 10.8 Å². The maximum Gasteiger partial charge on any atom is 0.150 e. The first-order valence-electron chi connectivity index (χ1n) is 5.98. The van der Waals surface area contributed by atoms with E-state index in [-0.39, 0.29) is 17.7 Å². The number of likely N-dealkylation sites (N-methyl/N-ethyl adjacent to an activating group) is 1. The number of nitrogens with zero attached hydrogens (tertiary/aromatic N) is 1. The van der Waals surface area contributed by atoms with Crippen molar-refractivity contribution in [3.63, 3.8) is 0 Å². The van der Waals surface area contributed by atoms with Crippen molar-refractivity contribution in [1.82, 2.24) is 10.3 Å². The van der Waals surface area contributed by atoms with E-state index in [1.165, 1.54) is 0 Å². The lowest BCUT2D eigenvalue weighted by atomic mass is 9.93. The van der Waals surface area contributed by atoms with Crippen molar-refractivity contribution < 1.29 is 8.42 Å². The molecule has 0 aliphatic carbocycles. The number of hydrogen-bond donors (Lipinski definition) is 1. The molecule has 2 rings (SSSR count). The molecule has 1 saturated heterocycles. The quantitative estimate of drug-likeness (QED) is 0.907. The fourth-order valence-electron chi connectivity index (χ4n) is 2.45. The zero-order valence-electron chi connectivity index (χ0n) is 10.3. The normalized spacial score (nSPS) is 24.0. The van der Waals surface area contributed by atoms with E-state index in [1.807, 2.05) is 13.1 Å². The van der Waals surface area contributed by atoms with Gasteiger partial charge in [0.1, 0.15) is 0 Å². The van der Waals surface area contributed by atoms with Gasteiger partial charge in [0.05, 0.1) is 16.5 Å². The van der Waals surface area contributed by atoms with E-state index >= 15 is 0 Å². The average Bonchev–Trinajstić information content (AvgIpc) is 2.68. The van der Waals surface area contributed by atoms with Gasteiger partial charge in [-0.05, 0) is 37.4 Å². The lowest BCUT2D eigenvalue weighted by Crippen LogP contribution is -2.36. The van der Waals surface area contributed by atoms with Crippen LogP contribution >= 0.6 is 11.6 Å². The summed E-state index contributed by atoms with van der Waals surface area (Å²) in [5.41, 5.74) is 1.01. The van der Waals surface area contributed by atoms with Gasteiger partial charge in [-0.2, -0.15) is 0 Å². The van der Waals surface area contributed by atoms with Crippen LogP contribution in [0.3, 0.4) is 0 Å². The van der Waals surface area contributed by atoms with Gasteiger partial charge in [-0.3, -0.25) is 4.98 Å². The Morgan fingerprint density at radius 3 is 2.94 bits per heavy atom. The first kappa shape index (κ1) is 13.8. The lowest BCUT2D eigenvalue weighted by molar-refractivity contribution is 0.403. The first-order chi connectivity index (χ1) is 8.52. The van der Waals surface area contributed by atoms with E-state index in [1.54, 1.807) is 12.4 Å². The van der Waals surface area contributed by atoms with Crippen molar-refractivity contribution in [3.05, 3.63) is 29.0 Å². The zero-order chi connectivity index (χ0) is 13.2. The summed E-state index contributed by atoms with van der Waals surface area (Å²) in [6, 6.07) is 2.03. The van der Waals surface area contributed by atoms with E-state index < -0.39 is 9.84 Å². The van der Waals surface area contributed by atoms with Crippen LogP contribution in [0.25, 0.3) is 0 Å². The average molecular weight is 289 g/mol. The fourth-order valence-corrected chi connectivity index (χ4v) is 4.53. The molecule has 2 unspecified atom stereocenters. The van der Waals surface area contributed by atoms with Crippen LogP contribution in [0.4, 0.5) is 0 Å². The minimum Gasteiger partial charge on any atom is -0.316 e. The highest BCUT2D eigenvalue weighted by Gasteiger charge is 2.33. The molecule has 0 bridgehead atoms. The molecular formula is C12H17ClN2O2S. The predicted molar refractivity (Wildman–Crippen MR) is 72.6 cm³/mol. The summed E-state index contributed by atoms with van der Waals surface area (Å²) in [6.45, 7) is 0. The van der Waals surface area contributed by atoms with Gasteiger partial charge in [-0.1, -0.05) is 11.6 Å². The van der Waals surface area contributed by atoms with Crippen LogP contribution < -0.4 is 5.32 Å². The summed E-state index contributed by atoms with van der Waals surface area (Å²) >= 11 is 6.08. The number of halogens is 1. The van der Waals surface area contributed by atoms with Crippen LogP contribution in [0.1, 0.15) is 12.0 Å². The minimum absolute atomic E-state index is 0.141. The van der Waals surface area contributed by atoms with Gasteiger partial charge >= 0.3 is 0 Å². The van der Waals surface area contributed by atoms with E-state index in [0.717, 1.165) is 18.4 Å². The van der Waals surface area contributed by atoms with Gasteiger partial charge in [0.25, 0.3) is 0 Å².